The summed E-state index contributed by atoms with van der Waals surface area (Å²) in [6.07, 6.45) is 0. The quantitative estimate of drug-likeness (QED) is 0.190. The Labute approximate surface area is 252 Å². The first-order valence-corrected chi connectivity index (χ1v) is 13.8. The topological polar surface area (TPSA) is 101 Å². The van der Waals surface area contributed by atoms with Gasteiger partial charge < -0.3 is 15.1 Å². The molecule has 0 saturated heterocycles. The minimum Gasteiger partial charge on any atom is -0.434 e. The summed E-state index contributed by atoms with van der Waals surface area (Å²) in [4.78, 5) is 41.3. The van der Waals surface area contributed by atoms with Crippen molar-refractivity contribution in [3.63, 3.8) is 0 Å². The van der Waals surface area contributed by atoms with Crippen LogP contribution in [-0.2, 0) is 4.79 Å². The molecule has 0 aliphatic heterocycles. The number of carbonyl (C=O) groups excluding carboxylic acids is 3. The SMILES string of the molecule is CC.CC(NC(=O)c1ccc(-c2ccccc2Cl)cc1)C(=O)NCC(=O)c1nc2ccccc2o1.Fc1cccc(F)c1. The number of rotatable bonds is 7. The molecule has 0 saturated carbocycles. The molecule has 1 atom stereocenters. The number of amides is 2. The summed E-state index contributed by atoms with van der Waals surface area (Å²) < 4.78 is 29.3. The third-order valence-corrected chi connectivity index (χ3v) is 6.14. The van der Waals surface area contributed by atoms with E-state index in [9.17, 15) is 23.2 Å². The van der Waals surface area contributed by atoms with Gasteiger partial charge >= 0.3 is 0 Å². The minimum absolute atomic E-state index is 0.0770. The van der Waals surface area contributed by atoms with Crippen molar-refractivity contribution in [2.45, 2.75) is 26.8 Å². The summed E-state index contributed by atoms with van der Waals surface area (Å²) in [5, 5.41) is 5.74. The number of Topliss-reactive ketones (excluding diaryl/α,β-unsaturated/α-hetero) is 1. The second-order valence-corrected chi connectivity index (χ2v) is 9.23. The molecule has 2 amide bonds. The van der Waals surface area contributed by atoms with E-state index >= 15 is 0 Å². The zero-order valence-corrected chi connectivity index (χ0v) is 24.5. The van der Waals surface area contributed by atoms with Gasteiger partial charge in [0.05, 0.1) is 6.54 Å². The molecule has 222 valence electrons. The second-order valence-electron chi connectivity index (χ2n) is 8.82. The molecule has 0 radical (unpaired) electrons. The fourth-order valence-electron chi connectivity index (χ4n) is 3.69. The van der Waals surface area contributed by atoms with E-state index in [1.54, 1.807) is 54.6 Å². The molecule has 0 aliphatic rings. The molecule has 7 nitrogen and oxygen atoms in total. The Bertz CT molecular complexity index is 1640. The van der Waals surface area contributed by atoms with Gasteiger partial charge in [-0.1, -0.05) is 74.0 Å². The number of hydrogen-bond acceptors (Lipinski definition) is 5. The third kappa shape index (κ3) is 9.31. The highest BCUT2D eigenvalue weighted by Gasteiger charge is 2.20. The normalized spacial score (nSPS) is 10.8. The summed E-state index contributed by atoms with van der Waals surface area (Å²) in [7, 11) is 0. The van der Waals surface area contributed by atoms with Gasteiger partial charge in [0.15, 0.2) is 5.58 Å². The number of nitrogens with zero attached hydrogens (tertiary/aromatic N) is 1. The number of para-hydroxylation sites is 2. The Morgan fingerprint density at radius 1 is 0.860 bits per heavy atom. The summed E-state index contributed by atoms with van der Waals surface area (Å²) in [6, 6.07) is 25.0. The molecule has 0 bridgehead atoms. The van der Waals surface area contributed by atoms with E-state index < -0.39 is 35.3 Å². The molecule has 1 heterocycles. The van der Waals surface area contributed by atoms with Crippen molar-refractivity contribution in [2.24, 2.45) is 0 Å². The molecule has 5 aromatic rings. The first-order chi connectivity index (χ1) is 20.7. The zero-order valence-electron chi connectivity index (χ0n) is 23.7. The maximum atomic E-state index is 12.5. The highest BCUT2D eigenvalue weighted by Crippen LogP contribution is 2.27. The van der Waals surface area contributed by atoms with Crippen LogP contribution in [0.4, 0.5) is 8.78 Å². The van der Waals surface area contributed by atoms with Crippen LogP contribution in [-0.4, -0.2) is 35.2 Å². The van der Waals surface area contributed by atoms with Crippen molar-refractivity contribution in [1.82, 2.24) is 15.6 Å². The molecule has 0 fully saturated rings. The number of aromatic nitrogens is 1. The predicted octanol–water partition coefficient (Wildman–Crippen LogP) is 7.26. The number of nitrogens with one attached hydrogen (secondary N) is 2. The van der Waals surface area contributed by atoms with Crippen LogP contribution < -0.4 is 10.6 Å². The van der Waals surface area contributed by atoms with Crippen LogP contribution in [0.1, 0.15) is 41.8 Å². The Kier molecular flexibility index (Phi) is 12.1. The Morgan fingerprint density at radius 3 is 2.09 bits per heavy atom. The van der Waals surface area contributed by atoms with E-state index in [1.807, 2.05) is 32.0 Å². The van der Waals surface area contributed by atoms with Gasteiger partial charge in [0, 0.05) is 22.2 Å². The smallest absolute Gasteiger partial charge is 0.266 e. The van der Waals surface area contributed by atoms with Crippen LogP contribution in [0.15, 0.2) is 101 Å². The molecule has 1 aromatic heterocycles. The monoisotopic (exact) mass is 605 g/mol. The number of hydrogen-bond donors (Lipinski definition) is 2. The van der Waals surface area contributed by atoms with E-state index in [1.165, 1.54) is 25.1 Å². The van der Waals surface area contributed by atoms with Gasteiger partial charge in [-0.3, -0.25) is 14.4 Å². The van der Waals surface area contributed by atoms with Crippen molar-refractivity contribution in [2.75, 3.05) is 6.54 Å². The second kappa shape index (κ2) is 15.9. The lowest BCUT2D eigenvalue weighted by atomic mass is 10.0. The first-order valence-electron chi connectivity index (χ1n) is 13.4. The average molecular weight is 606 g/mol. The zero-order chi connectivity index (χ0) is 31.4. The van der Waals surface area contributed by atoms with Gasteiger partial charge in [-0.2, -0.15) is 0 Å². The van der Waals surface area contributed by atoms with Gasteiger partial charge in [-0.15, -0.1) is 0 Å². The van der Waals surface area contributed by atoms with Gasteiger partial charge in [0.1, 0.15) is 23.2 Å². The standard InChI is InChI=1S/C25H20ClN3O4.C6H4F2.C2H6/c1-15(23(31)27-14-21(30)25-29-20-8-4-5-9-22(20)33-25)28-24(32)17-12-10-16(11-13-17)18-6-2-3-7-19(18)26;7-5-2-1-3-6(8)4-5;1-2/h2-13,15H,14H2,1H3,(H,27,31)(H,28,32);1-4H;1-2H3. The number of ketones is 1. The van der Waals surface area contributed by atoms with Crippen LogP contribution in [0.5, 0.6) is 0 Å². The van der Waals surface area contributed by atoms with Crippen molar-refractivity contribution in [3.8, 4) is 11.1 Å². The Morgan fingerprint density at radius 2 is 1.49 bits per heavy atom. The van der Waals surface area contributed by atoms with Crippen LogP contribution in [0, 0.1) is 11.6 Å². The van der Waals surface area contributed by atoms with Crippen molar-refractivity contribution < 1.29 is 27.6 Å². The van der Waals surface area contributed by atoms with Gasteiger partial charge in [0.2, 0.25) is 11.7 Å². The minimum atomic E-state index is -0.850. The largest absolute Gasteiger partial charge is 0.434 e. The van der Waals surface area contributed by atoms with Crippen LogP contribution in [0.3, 0.4) is 0 Å². The molecule has 2 N–H and O–H groups in total. The van der Waals surface area contributed by atoms with Crippen molar-refractivity contribution in [3.05, 3.63) is 125 Å². The van der Waals surface area contributed by atoms with Gasteiger partial charge in [-0.05, 0) is 55.0 Å². The fourth-order valence-corrected chi connectivity index (χ4v) is 3.93. The number of halogens is 3. The summed E-state index contributed by atoms with van der Waals surface area (Å²) in [6.45, 7) is 5.24. The lowest BCUT2D eigenvalue weighted by Gasteiger charge is -2.14. The maximum absolute atomic E-state index is 12.5. The lowest BCUT2D eigenvalue weighted by Crippen LogP contribution is -2.46. The van der Waals surface area contributed by atoms with E-state index in [0.29, 0.717) is 21.7 Å². The number of oxazole rings is 1. The van der Waals surface area contributed by atoms with Crippen LogP contribution in [0.2, 0.25) is 5.02 Å². The van der Waals surface area contributed by atoms with Crippen molar-refractivity contribution in [1.29, 1.82) is 0 Å². The molecular weight excluding hydrogens is 576 g/mol. The van der Waals surface area contributed by atoms with Crippen molar-refractivity contribution >= 4 is 40.3 Å². The Balaban J connectivity index is 0.000000433. The van der Waals surface area contributed by atoms with E-state index in [2.05, 4.69) is 15.6 Å². The van der Waals surface area contributed by atoms with E-state index in [4.69, 9.17) is 16.0 Å². The first kappa shape index (κ1) is 32.6. The Hall–Kier alpha value is -4.89. The third-order valence-electron chi connectivity index (χ3n) is 5.82. The molecule has 1 unspecified atom stereocenters. The van der Waals surface area contributed by atoms with Gasteiger partial charge in [0.25, 0.3) is 11.8 Å². The summed E-state index contributed by atoms with van der Waals surface area (Å²) in [5.74, 6) is -2.52. The fraction of sp³-hybridized carbons (Fsp3) is 0.152. The predicted molar refractivity (Wildman–Crippen MR) is 163 cm³/mol. The lowest BCUT2D eigenvalue weighted by molar-refractivity contribution is -0.122. The maximum Gasteiger partial charge on any atom is 0.266 e. The summed E-state index contributed by atoms with van der Waals surface area (Å²) in [5.41, 5.74) is 3.19. The number of fused-ring (bicyclic) bond motifs is 1. The van der Waals surface area contributed by atoms with E-state index in [-0.39, 0.29) is 12.4 Å². The van der Waals surface area contributed by atoms with Crippen LogP contribution in [0.25, 0.3) is 22.2 Å². The molecular formula is C33H30ClF2N3O4. The number of carbonyl (C=O) groups is 3. The van der Waals surface area contributed by atoms with Crippen LogP contribution >= 0.6 is 11.6 Å². The molecule has 10 heteroatoms. The highest BCUT2D eigenvalue weighted by molar-refractivity contribution is 6.33. The molecule has 4 aromatic carbocycles. The number of benzene rings is 4. The molecule has 0 aliphatic carbocycles. The average Bonchev–Trinajstić information content (AvgIpc) is 3.46. The molecule has 5 rings (SSSR count). The summed E-state index contributed by atoms with van der Waals surface area (Å²) >= 11 is 6.22. The van der Waals surface area contributed by atoms with Gasteiger partial charge in [-0.25, -0.2) is 13.8 Å². The highest BCUT2D eigenvalue weighted by atomic mass is 35.5. The van der Waals surface area contributed by atoms with E-state index in [0.717, 1.165) is 17.2 Å². The molecule has 0 spiro atoms. The molecule has 43 heavy (non-hydrogen) atoms.